The molecule has 3 nitrogen and oxygen atoms in total. The fourth-order valence-corrected chi connectivity index (χ4v) is 2.96. The molecule has 0 atom stereocenters. The first kappa shape index (κ1) is 13.6. The molecule has 106 valence electrons. The molecule has 4 heteroatoms. The van der Waals surface area contributed by atoms with Gasteiger partial charge in [-0.15, -0.1) is 11.3 Å². The van der Waals surface area contributed by atoms with Gasteiger partial charge >= 0.3 is 0 Å². The zero-order valence-electron chi connectivity index (χ0n) is 12.1. The number of rotatable bonds is 3. The number of thiazole rings is 1. The molecule has 1 aromatic heterocycles. The molecule has 0 saturated carbocycles. The third-order valence-corrected chi connectivity index (χ3v) is 4.18. The van der Waals surface area contributed by atoms with Crippen molar-refractivity contribution in [1.82, 2.24) is 4.98 Å². The van der Waals surface area contributed by atoms with Crippen LogP contribution in [0, 0.1) is 13.8 Å². The van der Waals surface area contributed by atoms with E-state index in [2.05, 4.69) is 47.7 Å². The van der Waals surface area contributed by atoms with Gasteiger partial charge in [0.2, 0.25) is 0 Å². The highest BCUT2D eigenvalue weighted by atomic mass is 32.1. The van der Waals surface area contributed by atoms with Crippen molar-refractivity contribution in [3.8, 4) is 11.3 Å². The largest absolute Gasteiger partial charge is 0.399 e. The van der Waals surface area contributed by atoms with Gasteiger partial charge < -0.3 is 11.1 Å². The number of aromatic nitrogens is 1. The molecule has 3 rings (SSSR count). The quantitative estimate of drug-likeness (QED) is 0.685. The van der Waals surface area contributed by atoms with Gasteiger partial charge in [-0.1, -0.05) is 30.3 Å². The number of hydrogen-bond donors (Lipinski definition) is 2. The summed E-state index contributed by atoms with van der Waals surface area (Å²) in [7, 11) is 0. The van der Waals surface area contributed by atoms with Crippen molar-refractivity contribution in [3.05, 3.63) is 59.0 Å². The van der Waals surface area contributed by atoms with Gasteiger partial charge in [-0.2, -0.15) is 0 Å². The summed E-state index contributed by atoms with van der Waals surface area (Å²) in [4.78, 5) is 4.65. The van der Waals surface area contributed by atoms with Crippen LogP contribution in [0.25, 0.3) is 11.3 Å². The maximum atomic E-state index is 5.72. The third kappa shape index (κ3) is 2.90. The van der Waals surface area contributed by atoms with Crippen molar-refractivity contribution in [2.75, 3.05) is 11.1 Å². The summed E-state index contributed by atoms with van der Waals surface area (Å²) in [5.41, 5.74) is 12.1. The lowest BCUT2D eigenvalue weighted by Crippen LogP contribution is -1.95. The number of benzene rings is 2. The monoisotopic (exact) mass is 295 g/mol. The molecule has 0 spiro atoms. The average molecular weight is 295 g/mol. The summed E-state index contributed by atoms with van der Waals surface area (Å²) in [6.07, 6.45) is 0. The molecule has 0 saturated heterocycles. The van der Waals surface area contributed by atoms with E-state index in [0.29, 0.717) is 0 Å². The van der Waals surface area contributed by atoms with Gasteiger partial charge in [0.15, 0.2) is 5.13 Å². The van der Waals surface area contributed by atoms with Crippen molar-refractivity contribution in [3.63, 3.8) is 0 Å². The highest BCUT2D eigenvalue weighted by molar-refractivity contribution is 7.14. The Balaban J connectivity index is 1.87. The minimum Gasteiger partial charge on any atom is -0.399 e. The Morgan fingerprint density at radius 3 is 2.33 bits per heavy atom. The van der Waals surface area contributed by atoms with Crippen LogP contribution in [0.3, 0.4) is 0 Å². The molecule has 0 unspecified atom stereocenters. The van der Waals surface area contributed by atoms with Crippen molar-refractivity contribution in [2.24, 2.45) is 0 Å². The van der Waals surface area contributed by atoms with Gasteiger partial charge in [-0.05, 0) is 37.1 Å². The Bertz CT molecular complexity index is 740. The van der Waals surface area contributed by atoms with Crippen molar-refractivity contribution in [2.45, 2.75) is 13.8 Å². The van der Waals surface area contributed by atoms with Gasteiger partial charge in [0.05, 0.1) is 5.69 Å². The molecule has 2 aromatic carbocycles. The first-order chi connectivity index (χ1) is 10.1. The number of para-hydroxylation sites is 1. The molecule has 0 aliphatic carbocycles. The van der Waals surface area contributed by atoms with Crippen molar-refractivity contribution < 1.29 is 0 Å². The first-order valence-corrected chi connectivity index (χ1v) is 7.66. The van der Waals surface area contributed by atoms with Crippen LogP contribution in [0.1, 0.15) is 11.1 Å². The molecule has 3 aromatic rings. The van der Waals surface area contributed by atoms with Crippen LogP contribution in [0.5, 0.6) is 0 Å². The molecule has 0 aliphatic rings. The van der Waals surface area contributed by atoms with Crippen LogP contribution in [-0.2, 0) is 0 Å². The molecule has 0 amide bonds. The number of nitrogen functional groups attached to an aromatic ring is 1. The topological polar surface area (TPSA) is 50.9 Å². The molecule has 0 fully saturated rings. The smallest absolute Gasteiger partial charge is 0.187 e. The Morgan fingerprint density at radius 1 is 1.00 bits per heavy atom. The minimum atomic E-state index is 0.767. The number of anilines is 3. The normalized spacial score (nSPS) is 10.6. The lowest BCUT2D eigenvalue weighted by molar-refractivity contribution is 1.33. The fraction of sp³-hybridized carbons (Fsp3) is 0.118. The van der Waals surface area contributed by atoms with E-state index in [-0.39, 0.29) is 0 Å². The predicted octanol–water partition coefficient (Wildman–Crippen LogP) is 4.75. The summed E-state index contributed by atoms with van der Waals surface area (Å²) in [6.45, 7) is 4.20. The second-order valence-electron chi connectivity index (χ2n) is 5.05. The Labute approximate surface area is 128 Å². The molecular weight excluding hydrogens is 278 g/mol. The maximum Gasteiger partial charge on any atom is 0.187 e. The van der Waals surface area contributed by atoms with Crippen LogP contribution in [-0.4, -0.2) is 4.98 Å². The van der Waals surface area contributed by atoms with E-state index in [1.165, 1.54) is 11.1 Å². The predicted molar refractivity (Wildman–Crippen MR) is 91.2 cm³/mol. The summed E-state index contributed by atoms with van der Waals surface area (Å²) >= 11 is 1.61. The molecule has 21 heavy (non-hydrogen) atoms. The summed E-state index contributed by atoms with van der Waals surface area (Å²) in [6, 6.07) is 14.0. The fourth-order valence-electron chi connectivity index (χ4n) is 2.24. The third-order valence-electron chi connectivity index (χ3n) is 3.42. The number of aryl methyl sites for hydroxylation is 2. The molecular formula is C17H17N3S. The number of hydrogen-bond acceptors (Lipinski definition) is 4. The van der Waals surface area contributed by atoms with E-state index in [0.717, 1.165) is 27.8 Å². The van der Waals surface area contributed by atoms with Crippen molar-refractivity contribution >= 4 is 27.8 Å². The van der Waals surface area contributed by atoms with Gasteiger partial charge in [-0.25, -0.2) is 4.98 Å². The minimum absolute atomic E-state index is 0.767. The maximum absolute atomic E-state index is 5.72. The second kappa shape index (κ2) is 5.58. The molecule has 0 bridgehead atoms. The van der Waals surface area contributed by atoms with Gasteiger partial charge in [0.1, 0.15) is 0 Å². The number of nitrogens with zero attached hydrogens (tertiary/aromatic N) is 1. The SMILES string of the molecule is Cc1cccc(C)c1Nc1nc(-c2ccc(N)cc2)cs1. The summed E-state index contributed by atoms with van der Waals surface area (Å²) < 4.78 is 0. The van der Waals surface area contributed by atoms with Crippen LogP contribution < -0.4 is 11.1 Å². The van der Waals surface area contributed by atoms with Gasteiger partial charge in [-0.3, -0.25) is 0 Å². The Morgan fingerprint density at radius 2 is 1.67 bits per heavy atom. The van der Waals surface area contributed by atoms with E-state index >= 15 is 0 Å². The van der Waals surface area contributed by atoms with Crippen LogP contribution >= 0.6 is 11.3 Å². The highest BCUT2D eigenvalue weighted by Gasteiger charge is 2.07. The molecule has 1 heterocycles. The molecule has 0 radical (unpaired) electrons. The number of nitrogens with two attached hydrogens (primary N) is 1. The van der Waals surface area contributed by atoms with E-state index < -0.39 is 0 Å². The molecule has 3 N–H and O–H groups in total. The number of nitrogens with one attached hydrogen (secondary N) is 1. The van der Waals surface area contributed by atoms with Gasteiger partial charge in [0.25, 0.3) is 0 Å². The lowest BCUT2D eigenvalue weighted by Gasteiger charge is -2.09. The van der Waals surface area contributed by atoms with E-state index in [4.69, 9.17) is 5.73 Å². The Hall–Kier alpha value is -2.33. The van der Waals surface area contributed by atoms with Crippen LogP contribution in [0.15, 0.2) is 47.8 Å². The standard InChI is InChI=1S/C17H17N3S/c1-11-4-3-5-12(2)16(11)20-17-19-15(10-21-17)13-6-8-14(18)9-7-13/h3-10H,18H2,1-2H3,(H,19,20). The lowest BCUT2D eigenvalue weighted by atomic mass is 10.1. The van der Waals surface area contributed by atoms with E-state index in [1.807, 2.05) is 24.3 Å². The summed E-state index contributed by atoms with van der Waals surface area (Å²) in [5.74, 6) is 0. The zero-order valence-corrected chi connectivity index (χ0v) is 12.9. The van der Waals surface area contributed by atoms with E-state index in [1.54, 1.807) is 11.3 Å². The van der Waals surface area contributed by atoms with Crippen molar-refractivity contribution in [1.29, 1.82) is 0 Å². The average Bonchev–Trinajstić information content (AvgIpc) is 2.92. The molecule has 0 aliphatic heterocycles. The van der Waals surface area contributed by atoms with Gasteiger partial charge in [0, 0.05) is 22.3 Å². The zero-order chi connectivity index (χ0) is 14.8. The first-order valence-electron chi connectivity index (χ1n) is 6.78. The highest BCUT2D eigenvalue weighted by Crippen LogP contribution is 2.30. The van der Waals surface area contributed by atoms with Crippen LogP contribution in [0.2, 0.25) is 0 Å². The van der Waals surface area contributed by atoms with E-state index in [9.17, 15) is 0 Å². The van der Waals surface area contributed by atoms with Crippen LogP contribution in [0.4, 0.5) is 16.5 Å². The second-order valence-corrected chi connectivity index (χ2v) is 5.91. The Kier molecular flexibility index (Phi) is 3.62. The summed E-state index contributed by atoms with van der Waals surface area (Å²) in [5, 5.41) is 6.38.